The number of sulfonamides is 1. The van der Waals surface area contributed by atoms with E-state index in [1.165, 1.54) is 22.7 Å². The van der Waals surface area contributed by atoms with Crippen molar-refractivity contribution in [1.29, 1.82) is 0 Å². The number of nitrogens with one attached hydrogen (secondary N) is 1. The Morgan fingerprint density at radius 1 is 1.17 bits per heavy atom. The molecule has 0 saturated carbocycles. The molecule has 158 valence electrons. The van der Waals surface area contributed by atoms with Gasteiger partial charge in [-0.25, -0.2) is 8.42 Å². The molecule has 1 fully saturated rings. The molecule has 1 aromatic carbocycles. The molecule has 0 bridgehead atoms. The van der Waals surface area contributed by atoms with E-state index < -0.39 is 15.3 Å². The molecule has 3 heterocycles. The summed E-state index contributed by atoms with van der Waals surface area (Å²) in [4.78, 5) is 12.7. The van der Waals surface area contributed by atoms with E-state index in [0.717, 1.165) is 24.6 Å². The van der Waals surface area contributed by atoms with Gasteiger partial charge in [0.25, 0.3) is 11.1 Å². The average molecular weight is 449 g/mol. The first kappa shape index (κ1) is 20.6. The van der Waals surface area contributed by atoms with Crippen LogP contribution in [0, 0.1) is 0 Å². The Hall–Kier alpha value is -2.63. The SMILES string of the molecule is CC(Sc1nnc(-c2ccco2)o1)C(=O)Nc1ccc(S(=O)(=O)N2CCCC2)cc1. The topological polar surface area (TPSA) is 119 Å². The molecule has 1 aliphatic rings. The smallest absolute Gasteiger partial charge is 0.284 e. The van der Waals surface area contributed by atoms with E-state index in [1.807, 2.05) is 0 Å². The van der Waals surface area contributed by atoms with Crippen LogP contribution in [0.3, 0.4) is 0 Å². The van der Waals surface area contributed by atoms with E-state index in [1.54, 1.807) is 31.2 Å². The van der Waals surface area contributed by atoms with Crippen molar-refractivity contribution in [1.82, 2.24) is 14.5 Å². The number of hydrogen-bond acceptors (Lipinski definition) is 8. The lowest BCUT2D eigenvalue weighted by Crippen LogP contribution is -2.27. The van der Waals surface area contributed by atoms with Crippen LogP contribution in [0.2, 0.25) is 0 Å². The summed E-state index contributed by atoms with van der Waals surface area (Å²) in [5.74, 6) is 0.424. The molecule has 1 atom stereocenters. The molecule has 1 N–H and O–H groups in total. The predicted molar refractivity (Wildman–Crippen MR) is 110 cm³/mol. The highest BCUT2D eigenvalue weighted by Crippen LogP contribution is 2.27. The predicted octanol–water partition coefficient (Wildman–Crippen LogP) is 3.23. The van der Waals surface area contributed by atoms with E-state index in [0.29, 0.717) is 24.5 Å². The van der Waals surface area contributed by atoms with Gasteiger partial charge in [-0.3, -0.25) is 4.79 Å². The number of carbonyl (C=O) groups excluding carboxylic acids is 1. The molecule has 0 spiro atoms. The molecular weight excluding hydrogens is 428 g/mol. The van der Waals surface area contributed by atoms with E-state index in [9.17, 15) is 13.2 Å². The molecule has 0 aliphatic carbocycles. The van der Waals surface area contributed by atoms with E-state index in [-0.39, 0.29) is 21.9 Å². The normalized spacial score (nSPS) is 15.9. The monoisotopic (exact) mass is 448 g/mol. The van der Waals surface area contributed by atoms with Crippen molar-refractivity contribution in [2.75, 3.05) is 18.4 Å². The third-order valence-corrected chi connectivity index (χ3v) is 7.46. The number of benzene rings is 1. The van der Waals surface area contributed by atoms with E-state index >= 15 is 0 Å². The number of rotatable bonds is 7. The molecule has 11 heteroatoms. The minimum absolute atomic E-state index is 0.223. The Morgan fingerprint density at radius 2 is 1.90 bits per heavy atom. The van der Waals surface area contributed by atoms with Crippen molar-refractivity contribution in [2.24, 2.45) is 0 Å². The van der Waals surface area contributed by atoms with Gasteiger partial charge in [0.2, 0.25) is 15.9 Å². The summed E-state index contributed by atoms with van der Waals surface area (Å²) in [7, 11) is -3.48. The number of carbonyl (C=O) groups is 1. The van der Waals surface area contributed by atoms with Crippen molar-refractivity contribution in [2.45, 2.75) is 35.1 Å². The lowest BCUT2D eigenvalue weighted by atomic mass is 10.3. The number of thioether (sulfide) groups is 1. The van der Waals surface area contributed by atoms with Crippen molar-refractivity contribution < 1.29 is 22.0 Å². The van der Waals surface area contributed by atoms with Crippen LogP contribution in [0.5, 0.6) is 0 Å². The van der Waals surface area contributed by atoms with Crippen LogP contribution >= 0.6 is 11.8 Å². The first-order valence-corrected chi connectivity index (χ1v) is 11.7. The Balaban J connectivity index is 1.36. The van der Waals surface area contributed by atoms with E-state index in [2.05, 4.69) is 15.5 Å². The molecule has 0 radical (unpaired) electrons. The minimum atomic E-state index is -3.48. The highest BCUT2D eigenvalue weighted by molar-refractivity contribution is 8.00. The Morgan fingerprint density at radius 3 is 2.57 bits per heavy atom. The highest BCUT2D eigenvalue weighted by Gasteiger charge is 2.27. The summed E-state index contributed by atoms with van der Waals surface area (Å²) in [6.45, 7) is 2.81. The third kappa shape index (κ3) is 4.42. The summed E-state index contributed by atoms with van der Waals surface area (Å²) in [6.07, 6.45) is 3.27. The van der Waals surface area contributed by atoms with Gasteiger partial charge in [-0.2, -0.15) is 4.31 Å². The largest absolute Gasteiger partial charge is 0.459 e. The Labute approximate surface area is 177 Å². The number of hydrogen-bond donors (Lipinski definition) is 1. The van der Waals surface area contributed by atoms with Crippen LogP contribution in [-0.4, -0.2) is 47.2 Å². The highest BCUT2D eigenvalue weighted by atomic mass is 32.2. The summed E-state index contributed by atoms with van der Waals surface area (Å²) in [5, 5.41) is 10.3. The maximum Gasteiger partial charge on any atom is 0.284 e. The number of nitrogens with zero attached hydrogens (tertiary/aromatic N) is 3. The zero-order valence-corrected chi connectivity index (χ0v) is 17.8. The molecule has 3 aromatic rings. The fourth-order valence-electron chi connectivity index (χ4n) is 2.99. The molecule has 1 unspecified atom stereocenters. The zero-order valence-electron chi connectivity index (χ0n) is 16.1. The summed E-state index contributed by atoms with van der Waals surface area (Å²) < 4.78 is 37.3. The van der Waals surface area contributed by atoms with Crippen LogP contribution in [0.25, 0.3) is 11.7 Å². The van der Waals surface area contributed by atoms with Gasteiger partial charge in [-0.15, -0.1) is 10.2 Å². The average Bonchev–Trinajstić information content (AvgIpc) is 3.49. The van der Waals surface area contributed by atoms with Crippen molar-refractivity contribution in [3.8, 4) is 11.7 Å². The lowest BCUT2D eigenvalue weighted by molar-refractivity contribution is -0.115. The van der Waals surface area contributed by atoms with Gasteiger partial charge in [0.15, 0.2) is 5.76 Å². The number of anilines is 1. The van der Waals surface area contributed by atoms with Crippen LogP contribution in [0.1, 0.15) is 19.8 Å². The number of amides is 1. The molecule has 1 saturated heterocycles. The quantitative estimate of drug-likeness (QED) is 0.547. The van der Waals surface area contributed by atoms with Crippen molar-refractivity contribution >= 4 is 33.4 Å². The molecular formula is C19H20N4O5S2. The first-order valence-electron chi connectivity index (χ1n) is 9.38. The fraction of sp³-hybridized carbons (Fsp3) is 0.316. The van der Waals surface area contributed by atoms with Crippen LogP contribution in [0.4, 0.5) is 5.69 Å². The molecule has 1 aliphatic heterocycles. The second kappa shape index (κ2) is 8.62. The molecule has 2 aromatic heterocycles. The third-order valence-electron chi connectivity index (χ3n) is 4.61. The Kier molecular flexibility index (Phi) is 5.93. The summed E-state index contributed by atoms with van der Waals surface area (Å²) in [5.41, 5.74) is 0.509. The van der Waals surface area contributed by atoms with Crippen LogP contribution < -0.4 is 5.32 Å². The van der Waals surface area contributed by atoms with Gasteiger partial charge in [-0.05, 0) is 56.2 Å². The van der Waals surface area contributed by atoms with Crippen molar-refractivity contribution in [3.63, 3.8) is 0 Å². The Bertz CT molecular complexity index is 1100. The minimum Gasteiger partial charge on any atom is -0.459 e. The van der Waals surface area contributed by atoms with E-state index in [4.69, 9.17) is 8.83 Å². The fourth-order valence-corrected chi connectivity index (χ4v) is 5.19. The number of furan rings is 1. The second-order valence-electron chi connectivity index (χ2n) is 6.74. The van der Waals surface area contributed by atoms with Crippen LogP contribution in [0.15, 0.2) is 61.6 Å². The van der Waals surface area contributed by atoms with Gasteiger partial charge in [0.05, 0.1) is 16.4 Å². The van der Waals surface area contributed by atoms with Gasteiger partial charge in [0.1, 0.15) is 0 Å². The molecule has 1 amide bonds. The van der Waals surface area contributed by atoms with Crippen LogP contribution in [-0.2, 0) is 14.8 Å². The van der Waals surface area contributed by atoms with Gasteiger partial charge >= 0.3 is 0 Å². The van der Waals surface area contributed by atoms with Gasteiger partial charge < -0.3 is 14.2 Å². The standard InChI is InChI=1S/C19H20N4O5S2/c1-13(29-19-22-21-18(28-19)16-5-4-12-27-16)17(24)20-14-6-8-15(9-7-14)30(25,26)23-10-2-3-11-23/h4-9,12-13H,2-3,10-11H2,1H3,(H,20,24). The molecule has 4 rings (SSSR count). The lowest BCUT2D eigenvalue weighted by Gasteiger charge is -2.16. The maximum absolute atomic E-state index is 12.6. The first-order chi connectivity index (χ1) is 14.4. The van der Waals surface area contributed by atoms with Crippen molar-refractivity contribution in [3.05, 3.63) is 42.7 Å². The van der Waals surface area contributed by atoms with Gasteiger partial charge in [0, 0.05) is 18.8 Å². The molecule has 30 heavy (non-hydrogen) atoms. The molecule has 9 nitrogen and oxygen atoms in total. The second-order valence-corrected chi connectivity index (χ2v) is 9.97. The zero-order chi connectivity index (χ0) is 21.1. The number of aromatic nitrogens is 2. The van der Waals surface area contributed by atoms with Gasteiger partial charge in [-0.1, -0.05) is 11.8 Å². The maximum atomic E-state index is 12.6. The summed E-state index contributed by atoms with van der Waals surface area (Å²) in [6, 6.07) is 9.60. The summed E-state index contributed by atoms with van der Waals surface area (Å²) >= 11 is 1.12.